The quantitative estimate of drug-likeness (QED) is 0.634. The predicted octanol–water partition coefficient (Wildman–Crippen LogP) is 0.835. The smallest absolute Gasteiger partial charge is 0.271 e. The molecule has 0 fully saturated rings. The highest BCUT2D eigenvalue weighted by molar-refractivity contribution is 6.32. The SMILES string of the molecule is CCNCCCNc1nc[nH]c(=O)c1Cl. The van der Waals surface area contributed by atoms with Gasteiger partial charge in [-0.2, -0.15) is 0 Å². The van der Waals surface area contributed by atoms with Gasteiger partial charge in [0.2, 0.25) is 0 Å². The number of hydrogen-bond acceptors (Lipinski definition) is 4. The van der Waals surface area contributed by atoms with E-state index in [1.54, 1.807) is 0 Å². The molecule has 0 unspecified atom stereocenters. The molecule has 3 N–H and O–H groups in total. The highest BCUT2D eigenvalue weighted by atomic mass is 35.5. The summed E-state index contributed by atoms with van der Waals surface area (Å²) in [5.41, 5.74) is -0.319. The average Bonchev–Trinajstić information content (AvgIpc) is 2.24. The Kier molecular flexibility index (Phi) is 5.14. The van der Waals surface area contributed by atoms with Gasteiger partial charge in [-0.05, 0) is 19.5 Å². The second kappa shape index (κ2) is 6.42. The van der Waals surface area contributed by atoms with Crippen LogP contribution in [0.2, 0.25) is 5.02 Å². The van der Waals surface area contributed by atoms with Crippen molar-refractivity contribution in [2.24, 2.45) is 0 Å². The van der Waals surface area contributed by atoms with Crippen LogP contribution in [0.25, 0.3) is 0 Å². The number of rotatable bonds is 6. The Bertz CT molecular complexity index is 352. The summed E-state index contributed by atoms with van der Waals surface area (Å²) < 4.78 is 0. The van der Waals surface area contributed by atoms with E-state index in [1.807, 2.05) is 0 Å². The molecule has 5 nitrogen and oxygen atoms in total. The van der Waals surface area contributed by atoms with Gasteiger partial charge in [-0.3, -0.25) is 4.79 Å². The van der Waals surface area contributed by atoms with Crippen LogP contribution < -0.4 is 16.2 Å². The molecule has 0 aromatic carbocycles. The fraction of sp³-hybridized carbons (Fsp3) is 0.556. The molecule has 0 spiro atoms. The third kappa shape index (κ3) is 3.89. The van der Waals surface area contributed by atoms with E-state index in [2.05, 4.69) is 27.5 Å². The zero-order valence-electron chi connectivity index (χ0n) is 8.64. The number of halogens is 1. The molecule has 1 rings (SSSR count). The second-order valence-corrected chi connectivity index (χ2v) is 3.41. The third-order valence-corrected chi connectivity index (χ3v) is 2.22. The summed E-state index contributed by atoms with van der Waals surface area (Å²) in [6.45, 7) is 4.69. The molecule has 84 valence electrons. The van der Waals surface area contributed by atoms with E-state index in [0.717, 1.165) is 26.1 Å². The predicted molar refractivity (Wildman–Crippen MR) is 61.5 cm³/mol. The van der Waals surface area contributed by atoms with Gasteiger partial charge >= 0.3 is 0 Å². The summed E-state index contributed by atoms with van der Waals surface area (Å²) >= 11 is 5.75. The number of anilines is 1. The number of H-pyrrole nitrogens is 1. The van der Waals surface area contributed by atoms with E-state index in [1.165, 1.54) is 6.33 Å². The summed E-state index contributed by atoms with van der Waals surface area (Å²) in [6.07, 6.45) is 2.29. The van der Waals surface area contributed by atoms with Crippen molar-refractivity contribution in [2.45, 2.75) is 13.3 Å². The van der Waals surface area contributed by atoms with Crippen molar-refractivity contribution in [2.75, 3.05) is 25.0 Å². The minimum absolute atomic E-state index is 0.112. The topological polar surface area (TPSA) is 69.8 Å². The van der Waals surface area contributed by atoms with Gasteiger partial charge < -0.3 is 15.6 Å². The summed E-state index contributed by atoms with van der Waals surface area (Å²) in [4.78, 5) is 17.4. The first kappa shape index (κ1) is 12.0. The minimum atomic E-state index is -0.319. The zero-order valence-corrected chi connectivity index (χ0v) is 9.40. The maximum atomic E-state index is 11.1. The molecular formula is C9H15ClN4O. The normalized spacial score (nSPS) is 10.3. The Morgan fingerprint density at radius 3 is 3.07 bits per heavy atom. The first-order chi connectivity index (χ1) is 7.25. The molecule has 0 bridgehead atoms. The average molecular weight is 231 g/mol. The molecular weight excluding hydrogens is 216 g/mol. The van der Waals surface area contributed by atoms with E-state index in [9.17, 15) is 4.79 Å². The molecule has 1 aromatic rings. The summed E-state index contributed by atoms with van der Waals surface area (Å²) in [5, 5.41) is 6.32. The lowest BCUT2D eigenvalue weighted by molar-refractivity contribution is 0.688. The lowest BCUT2D eigenvalue weighted by Gasteiger charge is -2.06. The van der Waals surface area contributed by atoms with Gasteiger partial charge in [0.15, 0.2) is 5.82 Å². The van der Waals surface area contributed by atoms with Gasteiger partial charge in [0.05, 0.1) is 6.33 Å². The van der Waals surface area contributed by atoms with Gasteiger partial charge in [0.1, 0.15) is 5.02 Å². The molecule has 0 aliphatic rings. The number of aromatic amines is 1. The molecule has 15 heavy (non-hydrogen) atoms. The number of nitrogens with zero attached hydrogens (tertiary/aromatic N) is 1. The van der Waals surface area contributed by atoms with E-state index >= 15 is 0 Å². The number of nitrogens with one attached hydrogen (secondary N) is 3. The van der Waals surface area contributed by atoms with E-state index < -0.39 is 0 Å². The van der Waals surface area contributed by atoms with E-state index in [0.29, 0.717) is 5.82 Å². The molecule has 0 saturated heterocycles. The van der Waals surface area contributed by atoms with Crippen molar-refractivity contribution in [1.29, 1.82) is 0 Å². The van der Waals surface area contributed by atoms with Crippen LogP contribution in [0.4, 0.5) is 5.82 Å². The van der Waals surface area contributed by atoms with Crippen LogP contribution >= 0.6 is 11.6 Å². The second-order valence-electron chi connectivity index (χ2n) is 3.03. The number of hydrogen-bond donors (Lipinski definition) is 3. The van der Waals surface area contributed by atoms with Gasteiger partial charge in [-0.1, -0.05) is 18.5 Å². The van der Waals surface area contributed by atoms with E-state index in [-0.39, 0.29) is 10.6 Å². The Morgan fingerprint density at radius 2 is 2.33 bits per heavy atom. The molecule has 0 atom stereocenters. The lowest BCUT2D eigenvalue weighted by Crippen LogP contribution is -2.18. The Morgan fingerprint density at radius 1 is 1.53 bits per heavy atom. The maximum absolute atomic E-state index is 11.1. The van der Waals surface area contributed by atoms with Gasteiger partial charge in [0.25, 0.3) is 5.56 Å². The van der Waals surface area contributed by atoms with Crippen LogP contribution in [0.15, 0.2) is 11.1 Å². The van der Waals surface area contributed by atoms with Crippen LogP contribution in [-0.4, -0.2) is 29.6 Å². The Balaban J connectivity index is 2.38. The van der Waals surface area contributed by atoms with Gasteiger partial charge in [-0.25, -0.2) is 4.98 Å². The van der Waals surface area contributed by atoms with Crippen molar-refractivity contribution < 1.29 is 0 Å². The Labute approximate surface area is 93.3 Å². The molecule has 0 saturated carbocycles. The standard InChI is InChI=1S/C9H15ClN4O/c1-2-11-4-3-5-12-8-7(10)9(15)14-6-13-8/h6,11H,2-5H2,1H3,(H2,12,13,14,15). The monoisotopic (exact) mass is 230 g/mol. The fourth-order valence-corrected chi connectivity index (χ4v) is 1.27. The largest absolute Gasteiger partial charge is 0.369 e. The molecule has 0 aliphatic carbocycles. The van der Waals surface area contributed by atoms with Crippen molar-refractivity contribution in [3.05, 3.63) is 21.7 Å². The summed E-state index contributed by atoms with van der Waals surface area (Å²) in [6, 6.07) is 0. The molecule has 6 heteroatoms. The highest BCUT2D eigenvalue weighted by Gasteiger charge is 2.03. The van der Waals surface area contributed by atoms with Crippen LogP contribution in [0.1, 0.15) is 13.3 Å². The number of aromatic nitrogens is 2. The van der Waals surface area contributed by atoms with Crippen LogP contribution in [0, 0.1) is 0 Å². The minimum Gasteiger partial charge on any atom is -0.369 e. The van der Waals surface area contributed by atoms with Gasteiger partial charge in [0, 0.05) is 6.54 Å². The van der Waals surface area contributed by atoms with Crippen LogP contribution in [-0.2, 0) is 0 Å². The maximum Gasteiger partial charge on any atom is 0.271 e. The first-order valence-corrected chi connectivity index (χ1v) is 5.31. The first-order valence-electron chi connectivity index (χ1n) is 4.93. The molecule has 0 aliphatic heterocycles. The zero-order chi connectivity index (χ0) is 11.1. The van der Waals surface area contributed by atoms with E-state index in [4.69, 9.17) is 11.6 Å². The molecule has 1 aromatic heterocycles. The molecule has 1 heterocycles. The van der Waals surface area contributed by atoms with Crippen LogP contribution in [0.3, 0.4) is 0 Å². The van der Waals surface area contributed by atoms with Gasteiger partial charge in [-0.15, -0.1) is 0 Å². The van der Waals surface area contributed by atoms with Crippen LogP contribution in [0.5, 0.6) is 0 Å². The lowest BCUT2D eigenvalue weighted by atomic mass is 10.4. The van der Waals surface area contributed by atoms with Crippen molar-refractivity contribution >= 4 is 17.4 Å². The highest BCUT2D eigenvalue weighted by Crippen LogP contribution is 2.11. The van der Waals surface area contributed by atoms with Crippen molar-refractivity contribution in [3.63, 3.8) is 0 Å². The summed E-state index contributed by atoms with van der Waals surface area (Å²) in [7, 11) is 0. The third-order valence-electron chi connectivity index (χ3n) is 1.87. The molecule has 0 radical (unpaired) electrons. The Hall–Kier alpha value is -1.07. The van der Waals surface area contributed by atoms with Crippen molar-refractivity contribution in [1.82, 2.24) is 15.3 Å². The van der Waals surface area contributed by atoms with Crippen molar-refractivity contribution in [3.8, 4) is 0 Å². The molecule has 0 amide bonds. The fourth-order valence-electron chi connectivity index (χ4n) is 1.10. The summed E-state index contributed by atoms with van der Waals surface area (Å²) in [5.74, 6) is 0.442.